The van der Waals surface area contributed by atoms with E-state index >= 15 is 0 Å². The van der Waals surface area contributed by atoms with Gasteiger partial charge in [-0.25, -0.2) is 4.79 Å². The second-order valence-corrected chi connectivity index (χ2v) is 9.56. The number of allylic oxidation sites excluding steroid dienone is 2. The summed E-state index contributed by atoms with van der Waals surface area (Å²) in [5.74, 6) is -2.77. The van der Waals surface area contributed by atoms with E-state index in [0.29, 0.717) is 11.3 Å². The molecule has 4 atom stereocenters. The van der Waals surface area contributed by atoms with Crippen molar-refractivity contribution in [3.63, 3.8) is 0 Å². The molecule has 4 amide bonds. The summed E-state index contributed by atoms with van der Waals surface area (Å²) in [6.45, 7) is -0.608. The summed E-state index contributed by atoms with van der Waals surface area (Å²) in [6, 6.07) is 12.4. The van der Waals surface area contributed by atoms with Crippen LogP contribution in [0.4, 0.5) is 5.69 Å². The predicted molar refractivity (Wildman–Crippen MR) is 127 cm³/mol. The van der Waals surface area contributed by atoms with Crippen LogP contribution in [-0.4, -0.2) is 36.2 Å². The minimum atomic E-state index is -0.760. The molecule has 3 aliphatic rings. The largest absolute Gasteiger partial charge is 0.452 e. The lowest BCUT2D eigenvalue weighted by Gasteiger charge is -2.17. The Morgan fingerprint density at radius 3 is 2.03 bits per heavy atom. The van der Waals surface area contributed by atoms with Gasteiger partial charge in [0.25, 0.3) is 11.8 Å². The first-order valence-corrected chi connectivity index (χ1v) is 11.8. The number of benzene rings is 2. The maximum absolute atomic E-state index is 12.9. The summed E-state index contributed by atoms with van der Waals surface area (Å²) in [7, 11) is 0. The van der Waals surface area contributed by atoms with E-state index in [-0.39, 0.29) is 41.0 Å². The molecule has 10 heteroatoms. The van der Waals surface area contributed by atoms with Crippen molar-refractivity contribution in [2.75, 3.05) is 11.5 Å². The number of imide groups is 1. The van der Waals surface area contributed by atoms with E-state index in [4.69, 9.17) is 4.74 Å². The third-order valence-electron chi connectivity index (χ3n) is 6.59. The first kappa shape index (κ1) is 23.0. The Labute approximate surface area is 208 Å². The van der Waals surface area contributed by atoms with E-state index in [2.05, 4.69) is 26.8 Å². The maximum Gasteiger partial charge on any atom is 0.338 e. The van der Waals surface area contributed by atoms with Crippen molar-refractivity contribution < 1.29 is 28.7 Å². The molecule has 1 saturated heterocycles. The van der Waals surface area contributed by atoms with Crippen molar-refractivity contribution in [2.24, 2.45) is 23.7 Å². The van der Waals surface area contributed by atoms with Crippen LogP contribution in [0, 0.1) is 23.7 Å². The number of carbonyl (C=O) groups excluding carboxylic acids is 5. The zero-order valence-corrected chi connectivity index (χ0v) is 19.9. The van der Waals surface area contributed by atoms with Crippen LogP contribution in [0.25, 0.3) is 0 Å². The second-order valence-electron chi connectivity index (χ2n) is 8.64. The van der Waals surface area contributed by atoms with Crippen molar-refractivity contribution in [3.05, 3.63) is 76.3 Å². The van der Waals surface area contributed by atoms with Crippen molar-refractivity contribution in [1.82, 2.24) is 10.9 Å². The van der Waals surface area contributed by atoms with Gasteiger partial charge in [-0.05, 0) is 66.8 Å². The molecule has 9 nitrogen and oxygen atoms in total. The van der Waals surface area contributed by atoms with Crippen LogP contribution >= 0.6 is 15.9 Å². The first-order chi connectivity index (χ1) is 16.8. The average Bonchev–Trinajstić information content (AvgIpc) is 3.55. The lowest BCUT2D eigenvalue weighted by Crippen LogP contribution is -2.43. The number of carbonyl (C=O) groups is 5. The number of anilines is 1. The van der Waals surface area contributed by atoms with E-state index in [1.807, 2.05) is 12.2 Å². The molecule has 2 bridgehead atoms. The van der Waals surface area contributed by atoms with Crippen LogP contribution in [0.1, 0.15) is 27.1 Å². The summed E-state index contributed by atoms with van der Waals surface area (Å²) in [4.78, 5) is 63.2. The van der Waals surface area contributed by atoms with E-state index in [1.54, 1.807) is 24.3 Å². The molecule has 2 aliphatic carbocycles. The first-order valence-electron chi connectivity index (χ1n) is 11.0. The van der Waals surface area contributed by atoms with Crippen LogP contribution < -0.4 is 15.8 Å². The highest BCUT2D eigenvalue weighted by Crippen LogP contribution is 2.53. The van der Waals surface area contributed by atoms with Crippen molar-refractivity contribution >= 4 is 51.2 Å². The minimum absolute atomic E-state index is 0.117. The summed E-state index contributed by atoms with van der Waals surface area (Å²) in [6.07, 6.45) is 4.91. The third-order valence-corrected chi connectivity index (χ3v) is 7.12. The Morgan fingerprint density at radius 2 is 1.43 bits per heavy atom. The van der Waals surface area contributed by atoms with Gasteiger partial charge in [-0.15, -0.1) is 0 Å². The highest BCUT2D eigenvalue weighted by molar-refractivity contribution is 9.10. The molecular formula is C25H20BrN3O6. The van der Waals surface area contributed by atoms with Gasteiger partial charge in [0, 0.05) is 10.0 Å². The molecule has 178 valence electrons. The van der Waals surface area contributed by atoms with E-state index in [0.717, 1.165) is 10.9 Å². The zero-order valence-electron chi connectivity index (χ0n) is 18.3. The number of hydrogen-bond acceptors (Lipinski definition) is 6. The minimum Gasteiger partial charge on any atom is -0.452 e. The summed E-state index contributed by atoms with van der Waals surface area (Å²) in [5, 5.41) is 0. The van der Waals surface area contributed by atoms with Crippen LogP contribution in [0.2, 0.25) is 0 Å². The van der Waals surface area contributed by atoms with Gasteiger partial charge in [-0.1, -0.05) is 28.1 Å². The molecular weight excluding hydrogens is 518 g/mol. The van der Waals surface area contributed by atoms with Gasteiger partial charge >= 0.3 is 5.97 Å². The molecule has 2 aromatic carbocycles. The van der Waals surface area contributed by atoms with Gasteiger partial charge < -0.3 is 4.74 Å². The Balaban J connectivity index is 1.13. The normalized spacial score (nSPS) is 23.9. The number of esters is 1. The highest BCUT2D eigenvalue weighted by Gasteiger charge is 2.59. The molecule has 2 fully saturated rings. The summed E-state index contributed by atoms with van der Waals surface area (Å²) < 4.78 is 5.79. The number of nitrogens with zero attached hydrogens (tertiary/aromatic N) is 1. The van der Waals surface area contributed by atoms with E-state index in [1.165, 1.54) is 29.2 Å². The molecule has 5 rings (SSSR count). The standard InChI is InChI=1S/C25H20BrN3O6/c26-17-7-3-13(4-8-17)22(31)28-27-19(30)12-35-25(34)14-5-9-18(10-6-14)29-23(32)20-15-1-2-16(11-15)21(20)24(29)33/h1-10,15-16,20-21H,11-12H2,(H,27,30)(H,28,31)/t15-,16-,20+,21+/m0/s1. The fourth-order valence-corrected chi connectivity index (χ4v) is 5.22. The molecule has 2 N–H and O–H groups in total. The molecule has 1 aliphatic heterocycles. The molecule has 0 spiro atoms. The van der Waals surface area contributed by atoms with Gasteiger partial charge in [-0.3, -0.25) is 34.9 Å². The van der Waals surface area contributed by atoms with Gasteiger partial charge in [0.2, 0.25) is 11.8 Å². The Hall–Kier alpha value is -3.79. The quantitative estimate of drug-likeness (QED) is 0.261. The number of ether oxygens (including phenoxy) is 1. The average molecular weight is 538 g/mol. The monoisotopic (exact) mass is 537 g/mol. The number of halogens is 1. The molecule has 1 saturated carbocycles. The van der Waals surface area contributed by atoms with Gasteiger partial charge in [0.05, 0.1) is 23.1 Å². The van der Waals surface area contributed by atoms with Gasteiger partial charge in [0.1, 0.15) is 0 Å². The van der Waals surface area contributed by atoms with Crippen molar-refractivity contribution in [1.29, 1.82) is 0 Å². The third kappa shape index (κ3) is 4.25. The number of fused-ring (bicyclic) bond motifs is 5. The number of hydrogen-bond donors (Lipinski definition) is 2. The van der Waals surface area contributed by atoms with Crippen LogP contribution in [0.3, 0.4) is 0 Å². The SMILES string of the molecule is O=C(COC(=O)c1ccc(N2C(=O)[C@H]3[C@H](C2=O)[C@H]2C=C[C@H]3C2)cc1)NNC(=O)c1ccc(Br)cc1. The topological polar surface area (TPSA) is 122 Å². The fraction of sp³-hybridized carbons (Fsp3) is 0.240. The number of hydrazine groups is 1. The molecule has 2 aromatic rings. The Kier molecular flexibility index (Phi) is 5.98. The molecule has 0 radical (unpaired) electrons. The second kappa shape index (κ2) is 9.10. The summed E-state index contributed by atoms with van der Waals surface area (Å²) in [5.41, 5.74) is 5.31. The number of rotatable bonds is 5. The zero-order chi connectivity index (χ0) is 24.7. The predicted octanol–water partition coefficient (Wildman–Crippen LogP) is 2.38. The maximum atomic E-state index is 12.9. The highest BCUT2D eigenvalue weighted by atomic mass is 79.9. The van der Waals surface area contributed by atoms with Crippen molar-refractivity contribution in [2.45, 2.75) is 6.42 Å². The van der Waals surface area contributed by atoms with Gasteiger partial charge in [0.15, 0.2) is 6.61 Å². The summed E-state index contributed by atoms with van der Waals surface area (Å²) >= 11 is 3.27. The van der Waals surface area contributed by atoms with E-state index in [9.17, 15) is 24.0 Å². The molecule has 0 aromatic heterocycles. The van der Waals surface area contributed by atoms with Gasteiger partial charge in [-0.2, -0.15) is 0 Å². The Bertz CT molecular complexity index is 1230. The lowest BCUT2D eigenvalue weighted by molar-refractivity contribution is -0.125. The number of nitrogens with one attached hydrogen (secondary N) is 2. The fourth-order valence-electron chi connectivity index (χ4n) is 4.95. The van der Waals surface area contributed by atoms with E-state index < -0.39 is 24.4 Å². The smallest absolute Gasteiger partial charge is 0.338 e. The van der Waals surface area contributed by atoms with Crippen LogP contribution in [-0.2, 0) is 19.1 Å². The Morgan fingerprint density at radius 1 is 0.857 bits per heavy atom. The molecule has 1 heterocycles. The molecule has 0 unspecified atom stereocenters. The lowest BCUT2D eigenvalue weighted by atomic mass is 9.85. The van der Waals surface area contributed by atoms with Crippen LogP contribution in [0.15, 0.2) is 65.2 Å². The van der Waals surface area contributed by atoms with Crippen LogP contribution in [0.5, 0.6) is 0 Å². The van der Waals surface area contributed by atoms with Crippen molar-refractivity contribution in [3.8, 4) is 0 Å². The number of amides is 4. The molecule has 35 heavy (non-hydrogen) atoms.